The van der Waals surface area contributed by atoms with Crippen LogP contribution < -0.4 is 10.9 Å². The molecule has 1 aliphatic rings. The number of H-pyrrole nitrogens is 1. The number of aromatic amines is 1. The highest BCUT2D eigenvalue weighted by Crippen LogP contribution is 2.15. The van der Waals surface area contributed by atoms with Gasteiger partial charge in [-0.1, -0.05) is 37.3 Å². The van der Waals surface area contributed by atoms with Crippen LogP contribution in [0.25, 0.3) is 17.0 Å². The molecule has 2 N–H and O–H groups in total. The molecule has 1 aliphatic heterocycles. The Morgan fingerprint density at radius 3 is 2.89 bits per heavy atom. The molecular formula is C19H22N6O2. The molecule has 3 aromatic rings. The molecule has 1 aromatic carbocycles. The molecule has 0 unspecified atom stereocenters. The fourth-order valence-corrected chi connectivity index (χ4v) is 3.45. The quantitative estimate of drug-likeness (QED) is 0.726. The van der Waals surface area contributed by atoms with E-state index in [1.807, 2.05) is 30.3 Å². The highest BCUT2D eigenvalue weighted by atomic mass is 16.2. The van der Waals surface area contributed by atoms with Crippen LogP contribution in [0.1, 0.15) is 30.4 Å². The second kappa shape index (κ2) is 7.32. The van der Waals surface area contributed by atoms with E-state index in [2.05, 4.69) is 32.2 Å². The first-order valence-corrected chi connectivity index (χ1v) is 9.22. The number of nitrogens with zero attached hydrogens (tertiary/aromatic N) is 4. The van der Waals surface area contributed by atoms with Gasteiger partial charge < -0.3 is 10.2 Å². The van der Waals surface area contributed by atoms with Crippen molar-refractivity contribution in [2.75, 3.05) is 19.6 Å². The van der Waals surface area contributed by atoms with Crippen LogP contribution in [0.3, 0.4) is 0 Å². The summed E-state index contributed by atoms with van der Waals surface area (Å²) in [5, 5.41) is 5.77. The predicted octanol–water partition coefficient (Wildman–Crippen LogP) is 1.30. The van der Waals surface area contributed by atoms with Gasteiger partial charge in [-0.3, -0.25) is 14.7 Å². The summed E-state index contributed by atoms with van der Waals surface area (Å²) >= 11 is 0. The first kappa shape index (κ1) is 17.4. The van der Waals surface area contributed by atoms with Gasteiger partial charge in [0.1, 0.15) is 0 Å². The summed E-state index contributed by atoms with van der Waals surface area (Å²) < 4.78 is 1.20. The SMILES string of the molecule is CCN1CCC[C@@H](NC(=O)c2nc3nc(-c4ccccc4)cc(=O)n3[nH]2)C1. The van der Waals surface area contributed by atoms with Crippen molar-refractivity contribution in [1.82, 2.24) is 29.8 Å². The molecule has 4 rings (SSSR count). The number of amides is 1. The number of carbonyl (C=O) groups is 1. The van der Waals surface area contributed by atoms with Crippen molar-refractivity contribution in [2.45, 2.75) is 25.8 Å². The van der Waals surface area contributed by atoms with Crippen molar-refractivity contribution in [3.05, 3.63) is 52.6 Å². The Kier molecular flexibility index (Phi) is 4.72. The molecule has 2 aromatic heterocycles. The van der Waals surface area contributed by atoms with Gasteiger partial charge in [-0.25, -0.2) is 4.98 Å². The molecule has 1 atom stereocenters. The summed E-state index contributed by atoms with van der Waals surface area (Å²) in [5.74, 6) is -0.0344. The van der Waals surface area contributed by atoms with E-state index >= 15 is 0 Å². The lowest BCUT2D eigenvalue weighted by molar-refractivity contribution is 0.0895. The normalized spacial score (nSPS) is 17.9. The van der Waals surface area contributed by atoms with Gasteiger partial charge >= 0.3 is 0 Å². The third-order valence-corrected chi connectivity index (χ3v) is 4.90. The molecule has 1 fully saturated rings. The number of fused-ring (bicyclic) bond motifs is 1. The van der Waals surface area contributed by atoms with Gasteiger partial charge in [-0.2, -0.15) is 9.50 Å². The maximum absolute atomic E-state index is 12.6. The van der Waals surface area contributed by atoms with Gasteiger partial charge in [0.25, 0.3) is 17.2 Å². The number of rotatable bonds is 4. The van der Waals surface area contributed by atoms with Gasteiger partial charge in [0.15, 0.2) is 0 Å². The molecule has 0 saturated carbocycles. The van der Waals surface area contributed by atoms with Crippen LogP contribution in [0.15, 0.2) is 41.2 Å². The highest BCUT2D eigenvalue weighted by Gasteiger charge is 2.22. The fourth-order valence-electron chi connectivity index (χ4n) is 3.45. The van der Waals surface area contributed by atoms with Crippen molar-refractivity contribution < 1.29 is 4.79 Å². The van der Waals surface area contributed by atoms with Crippen LogP contribution >= 0.6 is 0 Å². The summed E-state index contributed by atoms with van der Waals surface area (Å²) in [7, 11) is 0. The predicted molar refractivity (Wildman–Crippen MR) is 102 cm³/mol. The maximum Gasteiger partial charge on any atom is 0.288 e. The number of likely N-dealkylation sites (tertiary alicyclic amines) is 1. The van der Waals surface area contributed by atoms with Crippen LogP contribution in [0.2, 0.25) is 0 Å². The van der Waals surface area contributed by atoms with Gasteiger partial charge in [0.2, 0.25) is 5.82 Å². The third kappa shape index (κ3) is 3.61. The molecule has 8 heteroatoms. The Morgan fingerprint density at radius 2 is 2.11 bits per heavy atom. The largest absolute Gasteiger partial charge is 0.345 e. The number of nitrogens with one attached hydrogen (secondary N) is 2. The molecule has 8 nitrogen and oxygen atoms in total. The zero-order chi connectivity index (χ0) is 18.8. The number of aromatic nitrogens is 4. The molecule has 1 saturated heterocycles. The van der Waals surface area contributed by atoms with Crippen LogP contribution in [-0.2, 0) is 0 Å². The zero-order valence-electron chi connectivity index (χ0n) is 15.2. The van der Waals surface area contributed by atoms with E-state index in [0.29, 0.717) is 5.69 Å². The second-order valence-electron chi connectivity index (χ2n) is 6.76. The lowest BCUT2D eigenvalue weighted by atomic mass is 10.1. The van der Waals surface area contributed by atoms with E-state index in [1.54, 1.807) is 0 Å². The van der Waals surface area contributed by atoms with Crippen molar-refractivity contribution in [3.63, 3.8) is 0 Å². The van der Waals surface area contributed by atoms with E-state index in [9.17, 15) is 9.59 Å². The van der Waals surface area contributed by atoms with Crippen molar-refractivity contribution in [3.8, 4) is 11.3 Å². The van der Waals surface area contributed by atoms with E-state index in [1.165, 1.54) is 10.6 Å². The number of hydrogen-bond donors (Lipinski definition) is 2. The monoisotopic (exact) mass is 366 g/mol. The summed E-state index contributed by atoms with van der Waals surface area (Å²) in [6, 6.07) is 10.9. The molecule has 0 radical (unpaired) electrons. The average Bonchev–Trinajstić information content (AvgIpc) is 3.14. The minimum atomic E-state index is -0.316. The number of piperidine rings is 1. The minimum absolute atomic E-state index is 0.0870. The van der Waals surface area contributed by atoms with Gasteiger partial charge in [-0.15, -0.1) is 0 Å². The van der Waals surface area contributed by atoms with Crippen molar-refractivity contribution >= 4 is 11.7 Å². The fraction of sp³-hybridized carbons (Fsp3) is 0.368. The van der Waals surface area contributed by atoms with Crippen LogP contribution in [0.4, 0.5) is 0 Å². The first-order valence-electron chi connectivity index (χ1n) is 9.22. The minimum Gasteiger partial charge on any atom is -0.345 e. The average molecular weight is 366 g/mol. The molecular weight excluding hydrogens is 344 g/mol. The number of benzene rings is 1. The van der Waals surface area contributed by atoms with Gasteiger partial charge in [-0.05, 0) is 25.9 Å². The topological polar surface area (TPSA) is 95.4 Å². The molecule has 0 spiro atoms. The van der Waals surface area contributed by atoms with Gasteiger partial charge in [0, 0.05) is 24.2 Å². The van der Waals surface area contributed by atoms with Crippen molar-refractivity contribution in [1.29, 1.82) is 0 Å². The molecule has 140 valence electrons. The second-order valence-corrected chi connectivity index (χ2v) is 6.76. The third-order valence-electron chi connectivity index (χ3n) is 4.90. The Hall–Kier alpha value is -3.00. The van der Waals surface area contributed by atoms with Crippen LogP contribution in [0, 0.1) is 0 Å². The maximum atomic E-state index is 12.6. The number of hydrogen-bond acceptors (Lipinski definition) is 5. The molecule has 3 heterocycles. The molecule has 0 aliphatic carbocycles. The zero-order valence-corrected chi connectivity index (χ0v) is 15.2. The number of carbonyl (C=O) groups excluding carboxylic acids is 1. The van der Waals surface area contributed by atoms with Crippen LogP contribution in [-0.4, -0.2) is 56.1 Å². The molecule has 0 bridgehead atoms. The number of likely N-dealkylation sites (N-methyl/N-ethyl adjacent to an activating group) is 1. The summed E-state index contributed by atoms with van der Waals surface area (Å²) in [6.07, 6.45) is 2.00. The van der Waals surface area contributed by atoms with E-state index in [0.717, 1.165) is 38.0 Å². The lowest BCUT2D eigenvalue weighted by Crippen LogP contribution is -2.47. The van der Waals surface area contributed by atoms with E-state index in [-0.39, 0.29) is 29.1 Å². The Balaban J connectivity index is 1.59. The molecule has 27 heavy (non-hydrogen) atoms. The molecule has 1 amide bonds. The Labute approximate surface area is 156 Å². The van der Waals surface area contributed by atoms with Crippen LogP contribution in [0.5, 0.6) is 0 Å². The van der Waals surface area contributed by atoms with Crippen molar-refractivity contribution in [2.24, 2.45) is 0 Å². The highest BCUT2D eigenvalue weighted by molar-refractivity contribution is 5.91. The van der Waals surface area contributed by atoms with E-state index in [4.69, 9.17) is 0 Å². The summed E-state index contributed by atoms with van der Waals surface area (Å²) in [6.45, 7) is 4.98. The Morgan fingerprint density at radius 1 is 1.30 bits per heavy atom. The smallest absolute Gasteiger partial charge is 0.288 e. The standard InChI is InChI=1S/C19H22N6O2/c1-2-24-10-6-9-14(12-24)20-18(27)17-22-19-21-15(11-16(26)25(19)23-17)13-7-4-3-5-8-13/h3-5,7-8,11,14H,2,6,9-10,12H2,1H3,(H,20,27)(H,21,22,23)/t14-/m1/s1. The van der Waals surface area contributed by atoms with Gasteiger partial charge in [0.05, 0.1) is 5.69 Å². The summed E-state index contributed by atoms with van der Waals surface area (Å²) in [4.78, 5) is 35.9. The Bertz CT molecular complexity index is 1010. The first-order chi connectivity index (χ1) is 13.1. The lowest BCUT2D eigenvalue weighted by Gasteiger charge is -2.31. The van der Waals surface area contributed by atoms with E-state index < -0.39 is 0 Å². The summed E-state index contributed by atoms with van der Waals surface area (Å²) in [5.41, 5.74) is 1.05.